The van der Waals surface area contributed by atoms with Crippen LogP contribution in [0.2, 0.25) is 0 Å². The van der Waals surface area contributed by atoms with Gasteiger partial charge in [0.1, 0.15) is 0 Å². The van der Waals surface area contributed by atoms with E-state index in [0.29, 0.717) is 0 Å². The molecule has 0 amide bonds. The quantitative estimate of drug-likeness (QED) is 0.636. The van der Waals surface area contributed by atoms with Crippen molar-refractivity contribution in [1.29, 1.82) is 0 Å². The molecule has 3 heteroatoms. The highest BCUT2D eigenvalue weighted by Crippen LogP contribution is 2.00. The van der Waals surface area contributed by atoms with E-state index in [0.717, 1.165) is 18.4 Å². The van der Waals surface area contributed by atoms with Crippen LogP contribution in [0.3, 0.4) is 0 Å². The highest BCUT2D eigenvalue weighted by Gasteiger charge is 2.00. The molecule has 10 heavy (non-hydrogen) atoms. The summed E-state index contributed by atoms with van der Waals surface area (Å²) in [6, 6.07) is 0. The molecule has 0 aliphatic rings. The summed E-state index contributed by atoms with van der Waals surface area (Å²) in [5, 5.41) is 1.94. The zero-order valence-electron chi connectivity index (χ0n) is 6.26. The molecule has 0 saturated carbocycles. The van der Waals surface area contributed by atoms with Gasteiger partial charge in [0.15, 0.2) is 0 Å². The summed E-state index contributed by atoms with van der Waals surface area (Å²) in [7, 11) is 1.80. The van der Waals surface area contributed by atoms with Crippen LogP contribution in [0.4, 0.5) is 0 Å². The van der Waals surface area contributed by atoms with E-state index in [1.807, 2.05) is 5.38 Å². The van der Waals surface area contributed by atoms with Gasteiger partial charge in [-0.3, -0.25) is 8.75 Å². The number of hydrogen-bond donors (Lipinski definition) is 0. The highest BCUT2D eigenvalue weighted by molar-refractivity contribution is 7.04. The van der Waals surface area contributed by atoms with Gasteiger partial charge in [-0.2, -0.15) is 0 Å². The molecule has 0 saturated heterocycles. The summed E-state index contributed by atoms with van der Waals surface area (Å²) in [5.41, 5.74) is 1.13. The SMILES string of the molecule is CCCc1csn(C)c1=O. The third-order valence-electron chi connectivity index (χ3n) is 1.43. The molecule has 0 N–H and O–H groups in total. The second-order valence-corrected chi connectivity index (χ2v) is 3.30. The second-order valence-electron chi connectivity index (χ2n) is 2.30. The first-order chi connectivity index (χ1) is 4.75. The van der Waals surface area contributed by atoms with E-state index in [4.69, 9.17) is 0 Å². The van der Waals surface area contributed by atoms with Crippen molar-refractivity contribution >= 4 is 11.5 Å². The molecule has 1 rings (SSSR count). The Morgan fingerprint density at radius 2 is 2.40 bits per heavy atom. The van der Waals surface area contributed by atoms with E-state index in [-0.39, 0.29) is 5.56 Å². The van der Waals surface area contributed by atoms with Crippen molar-refractivity contribution in [2.45, 2.75) is 19.8 Å². The Kier molecular flexibility index (Phi) is 2.27. The van der Waals surface area contributed by atoms with Gasteiger partial charge < -0.3 is 0 Å². The van der Waals surface area contributed by atoms with E-state index in [1.165, 1.54) is 11.5 Å². The molecular formula is C7H11NOS. The van der Waals surface area contributed by atoms with Crippen molar-refractivity contribution in [2.24, 2.45) is 7.05 Å². The molecule has 0 aliphatic carbocycles. The lowest BCUT2D eigenvalue weighted by Gasteiger charge is -1.86. The summed E-state index contributed by atoms with van der Waals surface area (Å²) >= 11 is 1.48. The monoisotopic (exact) mass is 157 g/mol. The molecule has 1 aromatic rings. The Hall–Kier alpha value is -0.570. The summed E-state index contributed by atoms with van der Waals surface area (Å²) in [6.45, 7) is 2.08. The molecule has 2 nitrogen and oxygen atoms in total. The number of hydrogen-bond acceptors (Lipinski definition) is 2. The summed E-state index contributed by atoms with van der Waals surface area (Å²) in [4.78, 5) is 11.1. The third-order valence-corrected chi connectivity index (χ3v) is 2.31. The lowest BCUT2D eigenvalue weighted by molar-refractivity contribution is 0.882. The standard InChI is InChI=1S/C7H11NOS/c1-3-4-6-5-10-8(2)7(6)9/h5H,3-4H2,1-2H3. The maximum absolute atomic E-state index is 11.1. The molecule has 56 valence electrons. The number of aromatic nitrogens is 1. The van der Waals surface area contributed by atoms with Crippen molar-refractivity contribution < 1.29 is 0 Å². The number of nitrogens with zero attached hydrogens (tertiary/aromatic N) is 1. The minimum absolute atomic E-state index is 0.173. The topological polar surface area (TPSA) is 22.0 Å². The van der Waals surface area contributed by atoms with E-state index in [2.05, 4.69) is 6.92 Å². The van der Waals surface area contributed by atoms with Gasteiger partial charge >= 0.3 is 0 Å². The molecule has 1 aromatic heterocycles. The smallest absolute Gasteiger partial charge is 0.263 e. The molecular weight excluding hydrogens is 146 g/mol. The molecule has 0 aliphatic heterocycles. The lowest BCUT2D eigenvalue weighted by atomic mass is 10.2. The predicted molar refractivity (Wildman–Crippen MR) is 43.6 cm³/mol. The Labute approximate surface area is 64.3 Å². The fraction of sp³-hybridized carbons (Fsp3) is 0.571. The van der Waals surface area contributed by atoms with E-state index >= 15 is 0 Å². The minimum Gasteiger partial charge on any atom is -0.268 e. The summed E-state index contributed by atoms with van der Waals surface area (Å²) in [5.74, 6) is 0. The zero-order valence-corrected chi connectivity index (χ0v) is 7.07. The van der Waals surface area contributed by atoms with Gasteiger partial charge in [-0.1, -0.05) is 24.9 Å². The molecule has 1 heterocycles. The van der Waals surface area contributed by atoms with E-state index < -0.39 is 0 Å². The van der Waals surface area contributed by atoms with Gasteiger partial charge in [-0.25, -0.2) is 0 Å². The summed E-state index contributed by atoms with van der Waals surface area (Å²) in [6.07, 6.45) is 1.96. The minimum atomic E-state index is 0.173. The Bertz CT molecular complexity index is 261. The number of rotatable bonds is 2. The van der Waals surface area contributed by atoms with Crippen LogP contribution in [-0.2, 0) is 13.5 Å². The van der Waals surface area contributed by atoms with Crippen LogP contribution in [0.1, 0.15) is 18.9 Å². The van der Waals surface area contributed by atoms with Gasteiger partial charge in [0.05, 0.1) is 0 Å². The average molecular weight is 157 g/mol. The van der Waals surface area contributed by atoms with E-state index in [1.54, 1.807) is 11.0 Å². The molecule has 0 spiro atoms. The molecule has 0 fully saturated rings. The lowest BCUT2D eigenvalue weighted by Crippen LogP contribution is -2.12. The first-order valence-electron chi connectivity index (χ1n) is 3.39. The van der Waals surface area contributed by atoms with Crippen LogP contribution in [0, 0.1) is 0 Å². The van der Waals surface area contributed by atoms with Crippen LogP contribution < -0.4 is 5.56 Å². The van der Waals surface area contributed by atoms with Crippen molar-refractivity contribution in [3.8, 4) is 0 Å². The Balaban J connectivity index is 2.95. The largest absolute Gasteiger partial charge is 0.268 e. The molecule has 0 unspecified atom stereocenters. The van der Waals surface area contributed by atoms with Crippen LogP contribution in [0.15, 0.2) is 10.2 Å². The van der Waals surface area contributed by atoms with E-state index in [9.17, 15) is 4.79 Å². The van der Waals surface area contributed by atoms with Gasteiger partial charge in [0, 0.05) is 18.0 Å². The maximum Gasteiger partial charge on any atom is 0.263 e. The highest BCUT2D eigenvalue weighted by atomic mass is 32.1. The molecule has 0 atom stereocenters. The van der Waals surface area contributed by atoms with Crippen molar-refractivity contribution in [1.82, 2.24) is 3.96 Å². The average Bonchev–Trinajstić information content (AvgIpc) is 2.20. The van der Waals surface area contributed by atoms with Gasteiger partial charge in [0.25, 0.3) is 5.56 Å². The Morgan fingerprint density at radius 3 is 2.80 bits per heavy atom. The number of aryl methyl sites for hydroxylation is 2. The molecule has 0 radical (unpaired) electrons. The zero-order chi connectivity index (χ0) is 7.56. The normalized spacial score (nSPS) is 10.2. The van der Waals surface area contributed by atoms with Crippen LogP contribution in [-0.4, -0.2) is 3.96 Å². The maximum atomic E-state index is 11.1. The van der Waals surface area contributed by atoms with Crippen molar-refractivity contribution in [2.75, 3.05) is 0 Å². The predicted octanol–water partition coefficient (Wildman–Crippen LogP) is 1.40. The fourth-order valence-electron chi connectivity index (χ4n) is 0.878. The molecule has 0 bridgehead atoms. The van der Waals surface area contributed by atoms with Gasteiger partial charge in [0.2, 0.25) is 0 Å². The van der Waals surface area contributed by atoms with Crippen LogP contribution in [0.25, 0.3) is 0 Å². The molecule has 0 aromatic carbocycles. The van der Waals surface area contributed by atoms with Crippen molar-refractivity contribution in [3.05, 3.63) is 21.3 Å². The Morgan fingerprint density at radius 1 is 1.70 bits per heavy atom. The van der Waals surface area contributed by atoms with Gasteiger partial charge in [-0.15, -0.1) is 0 Å². The van der Waals surface area contributed by atoms with Crippen molar-refractivity contribution in [3.63, 3.8) is 0 Å². The van der Waals surface area contributed by atoms with Crippen LogP contribution in [0.5, 0.6) is 0 Å². The first-order valence-corrected chi connectivity index (χ1v) is 4.23. The summed E-state index contributed by atoms with van der Waals surface area (Å²) < 4.78 is 1.66. The second kappa shape index (κ2) is 3.01. The first kappa shape index (κ1) is 7.54. The third kappa shape index (κ3) is 1.29. The fourth-order valence-corrected chi connectivity index (χ4v) is 1.60. The van der Waals surface area contributed by atoms with Crippen LogP contribution >= 0.6 is 11.5 Å². The van der Waals surface area contributed by atoms with Gasteiger partial charge in [-0.05, 0) is 6.42 Å².